The van der Waals surface area contributed by atoms with Crippen LogP contribution in [0.3, 0.4) is 0 Å². The zero-order valence-corrected chi connectivity index (χ0v) is 8.97. The molecule has 0 bridgehead atoms. The monoisotopic (exact) mass is 166 g/mol. The van der Waals surface area contributed by atoms with Crippen molar-refractivity contribution < 1.29 is 0 Å². The van der Waals surface area contributed by atoms with Crippen LogP contribution in [0.4, 0.5) is 0 Å². The number of hydrogen-bond acceptors (Lipinski definition) is 0. The molecule has 1 heterocycles. The molecule has 0 spiro atoms. The van der Waals surface area contributed by atoms with Crippen molar-refractivity contribution in [3.05, 3.63) is 0 Å². The van der Waals surface area contributed by atoms with Crippen LogP contribution in [0.15, 0.2) is 0 Å². The minimum Gasteiger partial charge on any atom is -0.0859 e. The molecular weight excluding hydrogens is 143 g/mol. The second kappa shape index (κ2) is 4.94. The van der Waals surface area contributed by atoms with Crippen LogP contribution in [0.5, 0.6) is 0 Å². The number of hydrogen-bond donors (Lipinski definition) is 0. The Bertz CT molecular complexity index is 118. The topological polar surface area (TPSA) is 0 Å². The highest BCUT2D eigenvalue weighted by molar-refractivity contribution is 6.59. The van der Waals surface area contributed by atoms with Crippen molar-refractivity contribution in [2.24, 2.45) is 5.92 Å². The molecule has 1 rings (SSSR count). The maximum absolute atomic E-state index is 2.46. The van der Waals surface area contributed by atoms with E-state index in [0.717, 1.165) is 18.4 Å². The molecule has 0 aromatic heterocycles. The van der Waals surface area contributed by atoms with Gasteiger partial charge in [-0.3, -0.25) is 0 Å². The second-order valence-corrected chi connectivity index (χ2v) is 4.50. The van der Waals surface area contributed by atoms with Crippen LogP contribution in [-0.4, -0.2) is 6.71 Å². The van der Waals surface area contributed by atoms with Crippen LogP contribution in [0, 0.1) is 5.92 Å². The summed E-state index contributed by atoms with van der Waals surface area (Å²) >= 11 is 0. The molecule has 1 unspecified atom stereocenters. The van der Waals surface area contributed by atoms with Gasteiger partial charge in [0.15, 0.2) is 0 Å². The molecule has 0 aromatic carbocycles. The van der Waals surface area contributed by atoms with Crippen molar-refractivity contribution in [1.82, 2.24) is 0 Å². The van der Waals surface area contributed by atoms with Crippen LogP contribution in [-0.2, 0) is 0 Å². The van der Waals surface area contributed by atoms with Gasteiger partial charge in [-0.1, -0.05) is 64.9 Å². The van der Waals surface area contributed by atoms with E-state index in [1.54, 1.807) is 0 Å². The summed E-state index contributed by atoms with van der Waals surface area (Å²) in [5.74, 6) is 2.06. The van der Waals surface area contributed by atoms with E-state index in [2.05, 4.69) is 20.7 Å². The molecule has 0 aliphatic carbocycles. The van der Waals surface area contributed by atoms with Crippen LogP contribution < -0.4 is 0 Å². The van der Waals surface area contributed by atoms with Crippen molar-refractivity contribution in [3.63, 3.8) is 0 Å². The van der Waals surface area contributed by atoms with Gasteiger partial charge in [0.2, 0.25) is 0 Å². The average molecular weight is 166 g/mol. The zero-order valence-electron chi connectivity index (χ0n) is 8.97. The predicted molar refractivity (Wildman–Crippen MR) is 58.1 cm³/mol. The molecule has 1 atom stereocenters. The molecule has 1 fully saturated rings. The van der Waals surface area contributed by atoms with E-state index in [4.69, 9.17) is 0 Å². The van der Waals surface area contributed by atoms with Crippen LogP contribution in [0.1, 0.15) is 46.0 Å². The van der Waals surface area contributed by atoms with Gasteiger partial charge in [0.05, 0.1) is 0 Å². The van der Waals surface area contributed by atoms with Crippen molar-refractivity contribution in [3.8, 4) is 0 Å². The van der Waals surface area contributed by atoms with E-state index in [0.29, 0.717) is 0 Å². The van der Waals surface area contributed by atoms with E-state index in [1.165, 1.54) is 38.4 Å². The summed E-state index contributed by atoms with van der Waals surface area (Å²) in [5.41, 5.74) is 0. The van der Waals surface area contributed by atoms with Crippen molar-refractivity contribution in [2.45, 2.75) is 64.9 Å². The third-order valence-electron chi connectivity index (χ3n) is 3.83. The smallest absolute Gasteiger partial charge is 0.0859 e. The minimum absolute atomic E-state index is 1.00. The Morgan fingerprint density at radius 3 is 2.42 bits per heavy atom. The predicted octanol–water partition coefficient (Wildman–Crippen LogP) is 4.10. The minimum atomic E-state index is 1.00. The van der Waals surface area contributed by atoms with Crippen LogP contribution in [0.25, 0.3) is 0 Å². The summed E-state index contributed by atoms with van der Waals surface area (Å²) < 4.78 is 0. The standard InChI is InChI=1S/C11H23B/c1-4-10(5-2)11-8-6-7-9-12(11)3/h10-11H,4-9H2,1-3H3. The largest absolute Gasteiger partial charge is 0.140 e. The fourth-order valence-electron chi connectivity index (χ4n) is 2.94. The Morgan fingerprint density at radius 2 is 1.92 bits per heavy atom. The lowest BCUT2D eigenvalue weighted by Gasteiger charge is -2.32. The van der Waals surface area contributed by atoms with Gasteiger partial charge in [-0.25, -0.2) is 0 Å². The molecule has 1 heteroatoms. The molecule has 0 amide bonds. The summed E-state index contributed by atoms with van der Waals surface area (Å²) in [6, 6.07) is 0. The highest BCUT2D eigenvalue weighted by Crippen LogP contribution is 2.38. The van der Waals surface area contributed by atoms with Crippen molar-refractivity contribution >= 4 is 6.71 Å². The molecule has 0 aromatic rings. The quantitative estimate of drug-likeness (QED) is 0.553. The van der Waals surface area contributed by atoms with E-state index < -0.39 is 0 Å². The highest BCUT2D eigenvalue weighted by Gasteiger charge is 2.28. The highest BCUT2D eigenvalue weighted by atomic mass is 14.2. The molecule has 0 saturated carbocycles. The summed E-state index contributed by atoms with van der Waals surface area (Å²) in [6.07, 6.45) is 8.76. The lowest BCUT2D eigenvalue weighted by atomic mass is 9.34. The Labute approximate surface area is 78.2 Å². The first kappa shape index (κ1) is 10.1. The SMILES string of the molecule is CCC(CC)C1CCCCB1C. The normalized spacial score (nSPS) is 25.0. The average Bonchev–Trinajstić information content (AvgIpc) is 2.10. The molecule has 12 heavy (non-hydrogen) atoms. The van der Waals surface area contributed by atoms with Gasteiger partial charge in [0.1, 0.15) is 6.71 Å². The summed E-state index contributed by atoms with van der Waals surface area (Å²) in [4.78, 5) is 0. The zero-order chi connectivity index (χ0) is 8.97. The lowest BCUT2D eigenvalue weighted by molar-refractivity contribution is 0.413. The Kier molecular flexibility index (Phi) is 4.18. The van der Waals surface area contributed by atoms with E-state index in [1.807, 2.05) is 0 Å². The maximum atomic E-state index is 2.46. The fourth-order valence-corrected chi connectivity index (χ4v) is 2.94. The van der Waals surface area contributed by atoms with Gasteiger partial charge in [0, 0.05) is 0 Å². The first-order valence-corrected chi connectivity index (χ1v) is 5.79. The van der Waals surface area contributed by atoms with Crippen molar-refractivity contribution in [2.75, 3.05) is 0 Å². The maximum Gasteiger partial charge on any atom is 0.140 e. The van der Waals surface area contributed by atoms with E-state index in [-0.39, 0.29) is 0 Å². The van der Waals surface area contributed by atoms with E-state index in [9.17, 15) is 0 Å². The van der Waals surface area contributed by atoms with Gasteiger partial charge in [-0.15, -0.1) is 0 Å². The van der Waals surface area contributed by atoms with Gasteiger partial charge >= 0.3 is 0 Å². The second-order valence-electron chi connectivity index (χ2n) is 4.50. The van der Waals surface area contributed by atoms with Crippen molar-refractivity contribution in [1.29, 1.82) is 0 Å². The number of rotatable bonds is 3. The Balaban J connectivity index is 2.45. The molecule has 0 radical (unpaired) electrons. The first-order valence-electron chi connectivity index (χ1n) is 5.79. The third kappa shape index (κ3) is 2.28. The molecule has 1 aliphatic rings. The van der Waals surface area contributed by atoms with Gasteiger partial charge in [0.25, 0.3) is 0 Å². The summed E-state index contributed by atoms with van der Waals surface area (Å²) in [6.45, 7) is 8.18. The van der Waals surface area contributed by atoms with Gasteiger partial charge in [-0.05, 0) is 5.92 Å². The first-order chi connectivity index (χ1) is 5.79. The lowest BCUT2D eigenvalue weighted by Crippen LogP contribution is -2.26. The Morgan fingerprint density at radius 1 is 1.25 bits per heavy atom. The molecule has 70 valence electrons. The fraction of sp³-hybridized carbons (Fsp3) is 1.00. The van der Waals surface area contributed by atoms with E-state index >= 15 is 0 Å². The molecular formula is C11H23B. The molecule has 1 aliphatic heterocycles. The molecule has 0 N–H and O–H groups in total. The van der Waals surface area contributed by atoms with Gasteiger partial charge < -0.3 is 0 Å². The summed E-state index contributed by atoms with van der Waals surface area (Å²) in [5, 5.41) is 0. The third-order valence-corrected chi connectivity index (χ3v) is 3.83. The Hall–Kier alpha value is 0.0649. The molecule has 1 saturated heterocycles. The van der Waals surface area contributed by atoms with Crippen LogP contribution in [0.2, 0.25) is 19.0 Å². The van der Waals surface area contributed by atoms with Gasteiger partial charge in [-0.2, -0.15) is 0 Å². The molecule has 0 nitrogen and oxygen atoms in total. The van der Waals surface area contributed by atoms with Crippen LogP contribution >= 0.6 is 0 Å². The summed E-state index contributed by atoms with van der Waals surface area (Å²) in [7, 11) is 0.